The smallest absolute Gasteiger partial charge is 0.270 e. The molecule has 0 spiro atoms. The standard InChI is InChI=1S/C15H21N5O2/c1-2-20-14(21)6-5-13(18-20)15(22)19-9-3-4-11(10-19)12-7-8-16-17-12/h7-8,11H,2-6,9-10H2,1H3,(H,16,17)/t11-/m0/s1. The van der Waals surface area contributed by atoms with Crippen LogP contribution in [0.3, 0.4) is 0 Å². The van der Waals surface area contributed by atoms with E-state index in [0.29, 0.717) is 37.6 Å². The van der Waals surface area contributed by atoms with Crippen molar-refractivity contribution in [2.24, 2.45) is 5.10 Å². The largest absolute Gasteiger partial charge is 0.337 e. The Labute approximate surface area is 129 Å². The first kappa shape index (κ1) is 14.7. The zero-order chi connectivity index (χ0) is 15.5. The minimum absolute atomic E-state index is 0.00645. The van der Waals surface area contributed by atoms with E-state index >= 15 is 0 Å². The van der Waals surface area contributed by atoms with E-state index in [1.165, 1.54) is 5.01 Å². The van der Waals surface area contributed by atoms with Crippen LogP contribution in [0.2, 0.25) is 0 Å². The Morgan fingerprint density at radius 2 is 2.32 bits per heavy atom. The molecule has 1 fully saturated rings. The van der Waals surface area contributed by atoms with Crippen molar-refractivity contribution in [1.82, 2.24) is 20.1 Å². The van der Waals surface area contributed by atoms with Gasteiger partial charge in [0.25, 0.3) is 5.91 Å². The van der Waals surface area contributed by atoms with Gasteiger partial charge in [0.05, 0.1) is 0 Å². The van der Waals surface area contributed by atoms with Crippen LogP contribution in [0.15, 0.2) is 17.4 Å². The van der Waals surface area contributed by atoms with Crippen LogP contribution in [0.5, 0.6) is 0 Å². The molecule has 0 bridgehead atoms. The van der Waals surface area contributed by atoms with E-state index in [1.807, 2.05) is 17.9 Å². The summed E-state index contributed by atoms with van der Waals surface area (Å²) < 4.78 is 0. The average molecular weight is 303 g/mol. The first-order valence-electron chi connectivity index (χ1n) is 7.85. The number of carbonyl (C=O) groups excluding carboxylic acids is 2. The van der Waals surface area contributed by atoms with Crippen molar-refractivity contribution in [2.45, 2.75) is 38.5 Å². The molecule has 3 rings (SSSR count). The van der Waals surface area contributed by atoms with Crippen LogP contribution in [0.1, 0.15) is 44.2 Å². The third kappa shape index (κ3) is 2.88. The van der Waals surface area contributed by atoms with Crippen molar-refractivity contribution in [2.75, 3.05) is 19.6 Å². The number of hydrazone groups is 1. The number of carbonyl (C=O) groups is 2. The molecule has 1 aromatic rings. The fourth-order valence-electron chi connectivity index (χ4n) is 3.09. The number of nitrogens with one attached hydrogen (secondary N) is 1. The van der Waals surface area contributed by atoms with E-state index in [4.69, 9.17) is 0 Å². The third-order valence-corrected chi connectivity index (χ3v) is 4.32. The Hall–Kier alpha value is -2.18. The molecule has 7 heteroatoms. The number of hydrogen-bond acceptors (Lipinski definition) is 4. The number of aromatic amines is 1. The number of piperidine rings is 1. The van der Waals surface area contributed by atoms with Gasteiger partial charge >= 0.3 is 0 Å². The number of nitrogens with zero attached hydrogens (tertiary/aromatic N) is 4. The highest BCUT2D eigenvalue weighted by atomic mass is 16.2. The molecule has 2 amide bonds. The van der Waals surface area contributed by atoms with Crippen molar-refractivity contribution in [3.05, 3.63) is 18.0 Å². The molecule has 1 atom stereocenters. The van der Waals surface area contributed by atoms with E-state index in [9.17, 15) is 9.59 Å². The van der Waals surface area contributed by atoms with Crippen LogP contribution in [0.4, 0.5) is 0 Å². The maximum Gasteiger partial charge on any atom is 0.270 e. The van der Waals surface area contributed by atoms with Gasteiger partial charge in [0.2, 0.25) is 5.91 Å². The summed E-state index contributed by atoms with van der Waals surface area (Å²) in [7, 11) is 0. The lowest BCUT2D eigenvalue weighted by molar-refractivity contribution is -0.132. The summed E-state index contributed by atoms with van der Waals surface area (Å²) in [5.74, 6) is 0.261. The van der Waals surface area contributed by atoms with E-state index in [0.717, 1.165) is 25.1 Å². The minimum atomic E-state index is -0.0323. The van der Waals surface area contributed by atoms with Gasteiger partial charge in [-0.05, 0) is 25.8 Å². The van der Waals surface area contributed by atoms with Crippen LogP contribution < -0.4 is 0 Å². The summed E-state index contributed by atoms with van der Waals surface area (Å²) in [6, 6.07) is 1.97. The second-order valence-corrected chi connectivity index (χ2v) is 5.76. The number of likely N-dealkylation sites (tertiary alicyclic amines) is 1. The van der Waals surface area contributed by atoms with E-state index < -0.39 is 0 Å². The van der Waals surface area contributed by atoms with Crippen molar-refractivity contribution >= 4 is 17.5 Å². The van der Waals surface area contributed by atoms with Crippen LogP contribution in [-0.4, -0.2) is 57.3 Å². The van der Waals surface area contributed by atoms with Gasteiger partial charge < -0.3 is 4.90 Å². The van der Waals surface area contributed by atoms with E-state index in [2.05, 4.69) is 15.3 Å². The molecule has 2 aliphatic heterocycles. The molecule has 0 aromatic carbocycles. The topological polar surface area (TPSA) is 81.7 Å². The molecule has 3 heterocycles. The fourth-order valence-corrected chi connectivity index (χ4v) is 3.09. The molecule has 0 unspecified atom stereocenters. The highest BCUT2D eigenvalue weighted by Crippen LogP contribution is 2.26. The summed E-state index contributed by atoms with van der Waals surface area (Å²) in [6.07, 6.45) is 4.58. The van der Waals surface area contributed by atoms with Crippen LogP contribution >= 0.6 is 0 Å². The van der Waals surface area contributed by atoms with E-state index in [1.54, 1.807) is 6.20 Å². The predicted octanol–water partition coefficient (Wildman–Crippen LogP) is 1.11. The third-order valence-electron chi connectivity index (χ3n) is 4.32. The van der Waals surface area contributed by atoms with Crippen molar-refractivity contribution in [3.63, 3.8) is 0 Å². The molecule has 1 saturated heterocycles. The van der Waals surface area contributed by atoms with Gasteiger partial charge in [-0.15, -0.1) is 0 Å². The zero-order valence-electron chi connectivity index (χ0n) is 12.8. The summed E-state index contributed by atoms with van der Waals surface area (Å²) in [5, 5.41) is 12.6. The molecular formula is C15H21N5O2. The normalized spacial score (nSPS) is 22.7. The molecule has 1 N–H and O–H groups in total. The maximum absolute atomic E-state index is 12.7. The number of aromatic nitrogens is 2. The Kier molecular flexibility index (Phi) is 4.22. The second kappa shape index (κ2) is 6.29. The molecule has 2 aliphatic rings. The Morgan fingerprint density at radius 3 is 3.05 bits per heavy atom. The van der Waals surface area contributed by atoms with Crippen LogP contribution in [0.25, 0.3) is 0 Å². The van der Waals surface area contributed by atoms with E-state index in [-0.39, 0.29) is 11.8 Å². The van der Waals surface area contributed by atoms with Gasteiger partial charge in [-0.3, -0.25) is 14.7 Å². The number of hydrogen-bond donors (Lipinski definition) is 1. The van der Waals surface area contributed by atoms with Crippen LogP contribution in [-0.2, 0) is 9.59 Å². The van der Waals surface area contributed by atoms with Gasteiger partial charge in [-0.1, -0.05) is 0 Å². The van der Waals surface area contributed by atoms with Gasteiger partial charge in [-0.25, -0.2) is 5.01 Å². The van der Waals surface area contributed by atoms with Gasteiger partial charge in [-0.2, -0.15) is 10.2 Å². The summed E-state index contributed by atoms with van der Waals surface area (Å²) in [4.78, 5) is 26.2. The number of H-pyrrole nitrogens is 1. The Balaban J connectivity index is 1.70. The summed E-state index contributed by atoms with van der Waals surface area (Å²) in [5.41, 5.74) is 1.58. The van der Waals surface area contributed by atoms with Crippen molar-refractivity contribution < 1.29 is 9.59 Å². The molecule has 0 radical (unpaired) electrons. The average Bonchev–Trinajstić information content (AvgIpc) is 3.09. The Morgan fingerprint density at radius 1 is 1.45 bits per heavy atom. The highest BCUT2D eigenvalue weighted by Gasteiger charge is 2.30. The summed E-state index contributed by atoms with van der Waals surface area (Å²) >= 11 is 0. The Bertz CT molecular complexity index is 581. The molecule has 7 nitrogen and oxygen atoms in total. The lowest BCUT2D eigenvalue weighted by atomic mass is 9.94. The van der Waals surface area contributed by atoms with Gasteiger partial charge in [0.1, 0.15) is 5.71 Å². The predicted molar refractivity (Wildman–Crippen MR) is 81.2 cm³/mol. The monoisotopic (exact) mass is 303 g/mol. The quantitative estimate of drug-likeness (QED) is 0.908. The maximum atomic E-state index is 12.7. The van der Waals surface area contributed by atoms with Gasteiger partial charge in [0.15, 0.2) is 0 Å². The molecule has 118 valence electrons. The van der Waals surface area contributed by atoms with Crippen molar-refractivity contribution in [1.29, 1.82) is 0 Å². The van der Waals surface area contributed by atoms with Crippen molar-refractivity contribution in [3.8, 4) is 0 Å². The SMILES string of the molecule is CCN1N=C(C(=O)N2CCC[C@H](c3ccn[nH]3)C2)CCC1=O. The molecule has 0 aliphatic carbocycles. The first-order chi connectivity index (χ1) is 10.7. The number of rotatable bonds is 3. The molecule has 22 heavy (non-hydrogen) atoms. The molecular weight excluding hydrogens is 282 g/mol. The van der Waals surface area contributed by atoms with Gasteiger partial charge in [0, 0.05) is 50.3 Å². The summed E-state index contributed by atoms with van der Waals surface area (Å²) in [6.45, 7) is 3.80. The first-order valence-corrected chi connectivity index (χ1v) is 7.85. The zero-order valence-corrected chi connectivity index (χ0v) is 12.8. The second-order valence-electron chi connectivity index (χ2n) is 5.76. The molecule has 1 aromatic heterocycles. The lowest BCUT2D eigenvalue weighted by Gasteiger charge is -2.33. The highest BCUT2D eigenvalue weighted by molar-refractivity contribution is 6.39. The van der Waals surface area contributed by atoms with Crippen LogP contribution in [0, 0.1) is 0 Å². The molecule has 0 saturated carbocycles. The fraction of sp³-hybridized carbons (Fsp3) is 0.600. The number of amides is 2. The lowest BCUT2D eigenvalue weighted by Crippen LogP contribution is -2.45. The minimum Gasteiger partial charge on any atom is -0.337 e.